The maximum absolute atomic E-state index is 11.7. The predicted molar refractivity (Wildman–Crippen MR) is 108 cm³/mol. The standard InChI is InChI=1S/C22H38O6/c23-19(15-9-5-11-17-21(25)26)13-7-3-1-2-4-8-14-20(24)16-10-6-12-18-22(27)28/h1-18H2,(H,25,26)(H,27,28). The van der Waals surface area contributed by atoms with Crippen LogP contribution in [0.1, 0.15) is 116 Å². The van der Waals surface area contributed by atoms with Crippen molar-refractivity contribution in [3.63, 3.8) is 0 Å². The number of Topliss-reactive ketones (excluding diaryl/α,β-unsaturated/α-hetero) is 2. The zero-order chi connectivity index (χ0) is 21.0. The lowest BCUT2D eigenvalue weighted by molar-refractivity contribution is -0.138. The second-order valence-electron chi connectivity index (χ2n) is 7.61. The van der Waals surface area contributed by atoms with Crippen molar-refractivity contribution < 1.29 is 29.4 Å². The van der Waals surface area contributed by atoms with Gasteiger partial charge in [0.05, 0.1) is 0 Å². The predicted octanol–water partition coefficient (Wildman–Crippen LogP) is 5.32. The van der Waals surface area contributed by atoms with Crippen LogP contribution in [0.5, 0.6) is 0 Å². The van der Waals surface area contributed by atoms with Crippen LogP contribution in [0.2, 0.25) is 0 Å². The number of hydrogen-bond donors (Lipinski definition) is 2. The van der Waals surface area contributed by atoms with Crippen LogP contribution in [-0.2, 0) is 19.2 Å². The summed E-state index contributed by atoms with van der Waals surface area (Å²) in [7, 11) is 0. The van der Waals surface area contributed by atoms with E-state index in [1.165, 1.54) is 0 Å². The summed E-state index contributed by atoms with van der Waals surface area (Å²) in [5, 5.41) is 17.1. The van der Waals surface area contributed by atoms with E-state index in [1.807, 2.05) is 0 Å². The minimum absolute atomic E-state index is 0.187. The van der Waals surface area contributed by atoms with Gasteiger partial charge in [-0.1, -0.05) is 38.5 Å². The number of unbranched alkanes of at least 4 members (excludes halogenated alkanes) is 9. The van der Waals surface area contributed by atoms with Gasteiger partial charge in [0.1, 0.15) is 11.6 Å². The van der Waals surface area contributed by atoms with Gasteiger partial charge in [0.2, 0.25) is 0 Å². The highest BCUT2D eigenvalue weighted by Crippen LogP contribution is 2.12. The van der Waals surface area contributed by atoms with Gasteiger partial charge in [0.15, 0.2) is 0 Å². The lowest BCUT2D eigenvalue weighted by atomic mass is 10.0. The number of carboxylic acid groups (broad SMARTS) is 2. The van der Waals surface area contributed by atoms with Crippen LogP contribution in [0.25, 0.3) is 0 Å². The van der Waals surface area contributed by atoms with Crippen LogP contribution < -0.4 is 0 Å². The van der Waals surface area contributed by atoms with Crippen molar-refractivity contribution in [3.8, 4) is 0 Å². The van der Waals surface area contributed by atoms with E-state index >= 15 is 0 Å². The number of hydrogen-bond acceptors (Lipinski definition) is 4. The molecule has 0 aromatic rings. The average molecular weight is 399 g/mol. The van der Waals surface area contributed by atoms with Gasteiger partial charge >= 0.3 is 11.9 Å². The van der Waals surface area contributed by atoms with Crippen molar-refractivity contribution in [1.82, 2.24) is 0 Å². The zero-order valence-corrected chi connectivity index (χ0v) is 17.3. The monoisotopic (exact) mass is 398 g/mol. The molecule has 0 radical (unpaired) electrons. The Hall–Kier alpha value is -1.72. The van der Waals surface area contributed by atoms with Gasteiger partial charge in [-0.2, -0.15) is 0 Å². The summed E-state index contributed by atoms with van der Waals surface area (Å²) in [5.74, 6) is -0.985. The van der Waals surface area contributed by atoms with Crippen LogP contribution in [0.3, 0.4) is 0 Å². The number of carbonyl (C=O) groups is 4. The Morgan fingerprint density at radius 1 is 0.357 bits per heavy atom. The van der Waals surface area contributed by atoms with Crippen LogP contribution in [-0.4, -0.2) is 33.7 Å². The molecule has 0 aliphatic carbocycles. The Morgan fingerprint density at radius 3 is 0.857 bits per heavy atom. The summed E-state index contributed by atoms with van der Waals surface area (Å²) in [6.07, 6.45) is 13.4. The smallest absolute Gasteiger partial charge is 0.303 e. The summed E-state index contributed by atoms with van der Waals surface area (Å²) in [4.78, 5) is 44.2. The molecule has 0 heterocycles. The largest absolute Gasteiger partial charge is 0.481 e. The lowest BCUT2D eigenvalue weighted by Crippen LogP contribution is -1.99. The first-order valence-electron chi connectivity index (χ1n) is 10.9. The average Bonchev–Trinajstić information content (AvgIpc) is 2.62. The summed E-state index contributed by atoms with van der Waals surface area (Å²) in [6.45, 7) is 0. The third kappa shape index (κ3) is 20.6. The maximum atomic E-state index is 11.7. The lowest BCUT2D eigenvalue weighted by Gasteiger charge is -2.03. The molecule has 6 nitrogen and oxygen atoms in total. The molecule has 0 fully saturated rings. The highest BCUT2D eigenvalue weighted by molar-refractivity contribution is 5.78. The Balaban J connectivity index is 3.31. The van der Waals surface area contributed by atoms with Crippen LogP contribution in [0.4, 0.5) is 0 Å². The molecule has 0 amide bonds. The SMILES string of the molecule is O=C(O)CCCCCC(=O)CCCCCCCCC(=O)CCCCCC(=O)O. The Labute approximate surface area is 169 Å². The molecular weight excluding hydrogens is 360 g/mol. The minimum Gasteiger partial charge on any atom is -0.481 e. The highest BCUT2D eigenvalue weighted by Gasteiger charge is 2.04. The van der Waals surface area contributed by atoms with Gasteiger partial charge in [-0.3, -0.25) is 19.2 Å². The summed E-state index contributed by atoms with van der Waals surface area (Å²) >= 11 is 0. The van der Waals surface area contributed by atoms with E-state index in [2.05, 4.69) is 0 Å². The molecule has 0 aromatic carbocycles. The molecule has 0 bridgehead atoms. The van der Waals surface area contributed by atoms with Crippen molar-refractivity contribution in [3.05, 3.63) is 0 Å². The fourth-order valence-corrected chi connectivity index (χ4v) is 3.15. The highest BCUT2D eigenvalue weighted by atomic mass is 16.4. The molecule has 0 unspecified atom stereocenters. The Morgan fingerprint density at radius 2 is 0.571 bits per heavy atom. The first-order chi connectivity index (χ1) is 13.4. The molecule has 0 aliphatic rings. The van der Waals surface area contributed by atoms with E-state index in [9.17, 15) is 19.2 Å². The summed E-state index contributed by atoms with van der Waals surface area (Å²) in [5.41, 5.74) is 0. The summed E-state index contributed by atoms with van der Waals surface area (Å²) in [6, 6.07) is 0. The second kappa shape index (κ2) is 18.6. The Bertz CT molecular complexity index is 416. The van der Waals surface area contributed by atoms with Crippen molar-refractivity contribution in [2.24, 2.45) is 0 Å². The third-order valence-electron chi connectivity index (χ3n) is 4.85. The van der Waals surface area contributed by atoms with Crippen molar-refractivity contribution in [1.29, 1.82) is 0 Å². The topological polar surface area (TPSA) is 109 Å². The molecule has 2 N–H and O–H groups in total. The van der Waals surface area contributed by atoms with E-state index in [0.717, 1.165) is 64.2 Å². The first kappa shape index (κ1) is 26.3. The Kier molecular flexibility index (Phi) is 17.5. The van der Waals surface area contributed by atoms with Crippen molar-refractivity contribution >= 4 is 23.5 Å². The van der Waals surface area contributed by atoms with E-state index in [-0.39, 0.29) is 24.4 Å². The number of carboxylic acids is 2. The van der Waals surface area contributed by atoms with Crippen LogP contribution >= 0.6 is 0 Å². The fourth-order valence-electron chi connectivity index (χ4n) is 3.15. The number of aliphatic carboxylic acids is 2. The van der Waals surface area contributed by atoms with Gasteiger partial charge < -0.3 is 10.2 Å². The van der Waals surface area contributed by atoms with E-state index in [0.29, 0.717) is 38.5 Å². The second-order valence-corrected chi connectivity index (χ2v) is 7.61. The fraction of sp³-hybridized carbons (Fsp3) is 0.818. The minimum atomic E-state index is -0.774. The van der Waals surface area contributed by atoms with Gasteiger partial charge in [-0.05, 0) is 38.5 Å². The molecule has 0 saturated heterocycles. The maximum Gasteiger partial charge on any atom is 0.303 e. The van der Waals surface area contributed by atoms with Gasteiger partial charge in [-0.15, -0.1) is 0 Å². The molecule has 0 aromatic heterocycles. The normalized spacial score (nSPS) is 10.7. The van der Waals surface area contributed by atoms with E-state index in [1.54, 1.807) is 0 Å². The number of rotatable bonds is 21. The quantitative estimate of drug-likeness (QED) is 0.253. The van der Waals surface area contributed by atoms with Crippen LogP contribution in [0, 0.1) is 0 Å². The van der Waals surface area contributed by atoms with Crippen LogP contribution in [0.15, 0.2) is 0 Å². The van der Waals surface area contributed by atoms with Gasteiger partial charge in [0, 0.05) is 38.5 Å². The third-order valence-corrected chi connectivity index (χ3v) is 4.85. The molecule has 162 valence electrons. The molecule has 0 atom stereocenters. The molecule has 0 saturated carbocycles. The molecule has 28 heavy (non-hydrogen) atoms. The number of ketones is 2. The molecule has 0 aliphatic heterocycles. The van der Waals surface area contributed by atoms with Gasteiger partial charge in [-0.25, -0.2) is 0 Å². The van der Waals surface area contributed by atoms with Crippen molar-refractivity contribution in [2.45, 2.75) is 116 Å². The molecule has 0 rings (SSSR count). The zero-order valence-electron chi connectivity index (χ0n) is 17.3. The summed E-state index contributed by atoms with van der Waals surface area (Å²) < 4.78 is 0. The van der Waals surface area contributed by atoms with Crippen molar-refractivity contribution in [2.75, 3.05) is 0 Å². The molecule has 0 spiro atoms. The molecular formula is C22H38O6. The van der Waals surface area contributed by atoms with Gasteiger partial charge in [0.25, 0.3) is 0 Å². The first-order valence-corrected chi connectivity index (χ1v) is 10.9. The number of carbonyl (C=O) groups excluding carboxylic acids is 2. The van der Waals surface area contributed by atoms with E-state index < -0.39 is 11.9 Å². The van der Waals surface area contributed by atoms with E-state index in [4.69, 9.17) is 10.2 Å². The molecule has 6 heteroatoms.